The lowest BCUT2D eigenvalue weighted by atomic mass is 10.1. The smallest absolute Gasteiger partial charge is 0.240 e. The number of ether oxygens (including phenoxy) is 2. The largest absolute Gasteiger partial charge is 0.493 e. The average Bonchev–Trinajstić information content (AvgIpc) is 2.62. The third kappa shape index (κ3) is 5.17. The van der Waals surface area contributed by atoms with Crippen molar-refractivity contribution in [2.45, 2.75) is 24.2 Å². The molecule has 0 unspecified atom stereocenters. The van der Waals surface area contributed by atoms with Gasteiger partial charge in [-0.2, -0.15) is 0 Å². The summed E-state index contributed by atoms with van der Waals surface area (Å²) in [7, 11) is -0.696. The van der Waals surface area contributed by atoms with Gasteiger partial charge in [-0.15, -0.1) is 0 Å². The molecule has 0 saturated heterocycles. The molecule has 0 aliphatic heterocycles. The Morgan fingerprint density at radius 1 is 1.00 bits per heavy atom. The van der Waals surface area contributed by atoms with Crippen molar-refractivity contribution in [3.8, 4) is 11.5 Å². The van der Waals surface area contributed by atoms with Crippen LogP contribution < -0.4 is 14.2 Å². The number of sulfonamides is 1. The summed E-state index contributed by atoms with van der Waals surface area (Å²) >= 11 is 0. The molecule has 0 aliphatic rings. The van der Waals surface area contributed by atoms with E-state index < -0.39 is 10.0 Å². The molecule has 5 nitrogen and oxygen atoms in total. The number of nitrogens with one attached hydrogen (secondary N) is 1. The number of benzene rings is 2. The van der Waals surface area contributed by atoms with E-state index in [1.165, 1.54) is 32.4 Å². The van der Waals surface area contributed by atoms with Gasteiger partial charge in [0.25, 0.3) is 0 Å². The topological polar surface area (TPSA) is 64.6 Å². The van der Waals surface area contributed by atoms with E-state index in [-0.39, 0.29) is 17.3 Å². The second-order valence-electron chi connectivity index (χ2n) is 5.46. The summed E-state index contributed by atoms with van der Waals surface area (Å²) in [6.07, 6.45) is 1.88. The highest BCUT2D eigenvalue weighted by molar-refractivity contribution is 7.89. The summed E-state index contributed by atoms with van der Waals surface area (Å²) in [5, 5.41) is 0. The molecule has 0 aromatic heterocycles. The fourth-order valence-corrected chi connectivity index (χ4v) is 3.50. The number of rotatable bonds is 9. The molecular weight excluding hydrogens is 345 g/mol. The van der Waals surface area contributed by atoms with E-state index in [9.17, 15) is 12.8 Å². The minimum Gasteiger partial charge on any atom is -0.493 e. The molecule has 7 heteroatoms. The van der Waals surface area contributed by atoms with Crippen LogP contribution in [0.4, 0.5) is 4.39 Å². The van der Waals surface area contributed by atoms with Gasteiger partial charge in [0.2, 0.25) is 10.0 Å². The van der Waals surface area contributed by atoms with Crippen LogP contribution in [0.25, 0.3) is 0 Å². The zero-order chi connectivity index (χ0) is 18.3. The van der Waals surface area contributed by atoms with Gasteiger partial charge in [-0.25, -0.2) is 17.5 Å². The van der Waals surface area contributed by atoms with Gasteiger partial charge in [0, 0.05) is 12.6 Å². The summed E-state index contributed by atoms with van der Waals surface area (Å²) in [4.78, 5) is 0.110. The standard InChI is InChI=1S/C18H22FNO4S/c1-23-17-11-10-15(13-18(17)24-2)25(21,22)20-12-6-5-8-14-7-3-4-9-16(14)19/h3-4,7,9-11,13,20H,5-6,8,12H2,1-2H3. The summed E-state index contributed by atoms with van der Waals surface area (Å²) in [6, 6.07) is 11.0. The third-order valence-electron chi connectivity index (χ3n) is 3.79. The van der Waals surface area contributed by atoms with Crippen molar-refractivity contribution in [1.29, 1.82) is 0 Å². The molecule has 136 valence electrons. The Labute approximate surface area is 147 Å². The van der Waals surface area contributed by atoms with E-state index >= 15 is 0 Å². The molecule has 0 atom stereocenters. The van der Waals surface area contributed by atoms with Crippen LogP contribution in [0.2, 0.25) is 0 Å². The molecule has 0 aliphatic carbocycles. The Morgan fingerprint density at radius 3 is 2.40 bits per heavy atom. The predicted octanol–water partition coefficient (Wildman–Crippen LogP) is 3.14. The molecule has 2 rings (SSSR count). The van der Waals surface area contributed by atoms with Crippen LogP contribution in [0.15, 0.2) is 47.4 Å². The lowest BCUT2D eigenvalue weighted by molar-refractivity contribution is 0.354. The first-order valence-corrected chi connectivity index (χ1v) is 9.41. The zero-order valence-corrected chi connectivity index (χ0v) is 15.1. The summed E-state index contributed by atoms with van der Waals surface area (Å²) in [5.41, 5.74) is 0.644. The van der Waals surface area contributed by atoms with Crippen LogP contribution in [0, 0.1) is 5.82 Å². The van der Waals surface area contributed by atoms with Crippen LogP contribution in [-0.2, 0) is 16.4 Å². The Hall–Kier alpha value is -2.12. The number of methoxy groups -OCH3 is 2. The minimum absolute atomic E-state index is 0.110. The van der Waals surface area contributed by atoms with Gasteiger partial charge >= 0.3 is 0 Å². The van der Waals surface area contributed by atoms with Crippen molar-refractivity contribution < 1.29 is 22.3 Å². The van der Waals surface area contributed by atoms with Crippen molar-refractivity contribution >= 4 is 10.0 Å². The van der Waals surface area contributed by atoms with E-state index in [0.29, 0.717) is 36.3 Å². The van der Waals surface area contributed by atoms with E-state index in [0.717, 1.165) is 0 Å². The lowest BCUT2D eigenvalue weighted by Gasteiger charge is -2.11. The van der Waals surface area contributed by atoms with Gasteiger partial charge in [0.15, 0.2) is 11.5 Å². The second kappa shape index (κ2) is 8.82. The molecule has 2 aromatic rings. The van der Waals surface area contributed by atoms with Gasteiger partial charge in [0.05, 0.1) is 19.1 Å². The van der Waals surface area contributed by atoms with Crippen LogP contribution >= 0.6 is 0 Å². The highest BCUT2D eigenvalue weighted by Gasteiger charge is 2.16. The molecule has 0 bridgehead atoms. The van der Waals surface area contributed by atoms with E-state index in [4.69, 9.17) is 9.47 Å². The van der Waals surface area contributed by atoms with Crippen LogP contribution in [-0.4, -0.2) is 29.2 Å². The lowest BCUT2D eigenvalue weighted by Crippen LogP contribution is -2.25. The van der Waals surface area contributed by atoms with Gasteiger partial charge in [0.1, 0.15) is 5.82 Å². The molecule has 0 amide bonds. The highest BCUT2D eigenvalue weighted by Crippen LogP contribution is 2.29. The molecule has 0 fully saturated rings. The Bertz CT molecular complexity index is 808. The first-order valence-electron chi connectivity index (χ1n) is 7.93. The predicted molar refractivity (Wildman–Crippen MR) is 94.1 cm³/mol. The summed E-state index contributed by atoms with van der Waals surface area (Å²) < 4.78 is 50.9. The molecule has 0 heterocycles. The normalized spacial score (nSPS) is 11.3. The van der Waals surface area contributed by atoms with E-state index in [2.05, 4.69) is 4.72 Å². The summed E-state index contributed by atoms with van der Waals surface area (Å²) in [6.45, 7) is 0.283. The van der Waals surface area contributed by atoms with Crippen LogP contribution in [0.1, 0.15) is 18.4 Å². The molecule has 0 radical (unpaired) electrons. The van der Waals surface area contributed by atoms with E-state index in [1.807, 2.05) is 0 Å². The zero-order valence-electron chi connectivity index (χ0n) is 14.3. The minimum atomic E-state index is -3.63. The average molecular weight is 367 g/mol. The molecule has 1 N–H and O–H groups in total. The summed E-state index contributed by atoms with van der Waals surface area (Å²) in [5.74, 6) is 0.588. The van der Waals surface area contributed by atoms with Gasteiger partial charge in [-0.1, -0.05) is 18.2 Å². The van der Waals surface area contributed by atoms with Crippen LogP contribution in [0.3, 0.4) is 0 Å². The third-order valence-corrected chi connectivity index (χ3v) is 5.25. The molecule has 25 heavy (non-hydrogen) atoms. The number of hydrogen-bond acceptors (Lipinski definition) is 4. The second-order valence-corrected chi connectivity index (χ2v) is 7.23. The number of halogens is 1. The molecule has 2 aromatic carbocycles. The van der Waals surface area contributed by atoms with Crippen molar-refractivity contribution in [2.75, 3.05) is 20.8 Å². The van der Waals surface area contributed by atoms with Crippen molar-refractivity contribution in [3.05, 3.63) is 53.8 Å². The quantitative estimate of drug-likeness (QED) is 0.692. The SMILES string of the molecule is COc1ccc(S(=O)(=O)NCCCCc2ccccc2F)cc1OC. The first-order chi connectivity index (χ1) is 12.0. The number of hydrogen-bond donors (Lipinski definition) is 1. The highest BCUT2D eigenvalue weighted by atomic mass is 32.2. The molecular formula is C18H22FNO4S. The number of unbranched alkanes of at least 4 members (excludes halogenated alkanes) is 1. The van der Waals surface area contributed by atoms with Gasteiger partial charge in [-0.05, 0) is 43.0 Å². The van der Waals surface area contributed by atoms with Gasteiger partial charge < -0.3 is 9.47 Å². The first kappa shape index (κ1) is 19.2. The van der Waals surface area contributed by atoms with Crippen molar-refractivity contribution in [2.24, 2.45) is 0 Å². The molecule has 0 spiro atoms. The molecule has 0 saturated carbocycles. The van der Waals surface area contributed by atoms with E-state index in [1.54, 1.807) is 24.3 Å². The Balaban J connectivity index is 1.88. The maximum absolute atomic E-state index is 13.5. The van der Waals surface area contributed by atoms with Crippen LogP contribution in [0.5, 0.6) is 11.5 Å². The maximum Gasteiger partial charge on any atom is 0.240 e. The number of aryl methyl sites for hydroxylation is 1. The maximum atomic E-state index is 13.5. The van der Waals surface area contributed by atoms with Crippen molar-refractivity contribution in [3.63, 3.8) is 0 Å². The Morgan fingerprint density at radius 2 is 1.72 bits per heavy atom. The van der Waals surface area contributed by atoms with Gasteiger partial charge in [-0.3, -0.25) is 0 Å². The monoisotopic (exact) mass is 367 g/mol. The fraction of sp³-hybridized carbons (Fsp3) is 0.333. The van der Waals surface area contributed by atoms with Crippen molar-refractivity contribution in [1.82, 2.24) is 4.72 Å². The fourth-order valence-electron chi connectivity index (χ4n) is 2.42. The Kier molecular flexibility index (Phi) is 6.78.